The van der Waals surface area contributed by atoms with Crippen LogP contribution in [0.3, 0.4) is 0 Å². The lowest BCUT2D eigenvalue weighted by Crippen LogP contribution is -2.13. The molecule has 2 heteroatoms. The Morgan fingerprint density at radius 2 is 1.90 bits per heavy atom. The fourth-order valence-corrected chi connectivity index (χ4v) is 2.83. The largest absolute Gasteiger partial charge is 0.369 e. The van der Waals surface area contributed by atoms with Crippen LogP contribution in [0.15, 0.2) is 48.5 Å². The highest BCUT2D eigenvalue weighted by Crippen LogP contribution is 2.33. The van der Waals surface area contributed by atoms with Crippen LogP contribution >= 0.6 is 0 Å². The van der Waals surface area contributed by atoms with Crippen molar-refractivity contribution in [3.8, 4) is 6.07 Å². The number of fused-ring (bicyclic) bond motifs is 1. The van der Waals surface area contributed by atoms with Crippen molar-refractivity contribution in [3.05, 3.63) is 70.8 Å². The second kappa shape index (κ2) is 5.90. The van der Waals surface area contributed by atoms with Crippen molar-refractivity contribution < 1.29 is 4.74 Å². The Labute approximate surface area is 119 Å². The first-order valence-corrected chi connectivity index (χ1v) is 7.06. The van der Waals surface area contributed by atoms with Gasteiger partial charge in [0.15, 0.2) is 0 Å². The molecule has 0 fully saturated rings. The second-order valence-corrected chi connectivity index (χ2v) is 5.16. The van der Waals surface area contributed by atoms with Crippen LogP contribution in [0.4, 0.5) is 0 Å². The third-order valence-corrected chi connectivity index (χ3v) is 3.89. The Kier molecular flexibility index (Phi) is 3.80. The van der Waals surface area contributed by atoms with Crippen LogP contribution < -0.4 is 0 Å². The SMILES string of the molecule is N#Cc1ccccc1COC1CCCc2ccccc21. The molecule has 2 aromatic rings. The monoisotopic (exact) mass is 263 g/mol. The standard InChI is InChI=1S/C18H17NO/c19-12-15-7-1-2-8-16(15)13-20-18-11-5-9-14-6-3-4-10-17(14)18/h1-4,6-8,10,18H,5,9,11,13H2. The minimum atomic E-state index is 0.159. The van der Waals surface area contributed by atoms with Crippen molar-refractivity contribution in [3.63, 3.8) is 0 Å². The molecule has 0 amide bonds. The number of ether oxygens (including phenoxy) is 1. The number of rotatable bonds is 3. The molecule has 20 heavy (non-hydrogen) atoms. The zero-order chi connectivity index (χ0) is 13.8. The highest BCUT2D eigenvalue weighted by molar-refractivity contribution is 5.37. The molecule has 0 saturated carbocycles. The Balaban J connectivity index is 1.75. The third-order valence-electron chi connectivity index (χ3n) is 3.89. The summed E-state index contributed by atoms with van der Waals surface area (Å²) in [5, 5.41) is 9.11. The number of hydrogen-bond acceptors (Lipinski definition) is 2. The molecule has 3 rings (SSSR count). The summed E-state index contributed by atoms with van der Waals surface area (Å²) in [6, 6.07) is 18.4. The predicted octanol–water partition coefficient (Wildman–Crippen LogP) is 4.15. The van der Waals surface area contributed by atoms with Gasteiger partial charge in [-0.15, -0.1) is 0 Å². The normalized spacial score (nSPS) is 17.2. The van der Waals surface area contributed by atoms with Crippen molar-refractivity contribution in [2.45, 2.75) is 32.0 Å². The molecular weight excluding hydrogens is 246 g/mol. The van der Waals surface area contributed by atoms with E-state index in [-0.39, 0.29) is 6.10 Å². The van der Waals surface area contributed by atoms with Gasteiger partial charge in [0.2, 0.25) is 0 Å². The average molecular weight is 263 g/mol. The Morgan fingerprint density at radius 3 is 2.80 bits per heavy atom. The van der Waals surface area contributed by atoms with Gasteiger partial charge in [-0.1, -0.05) is 42.5 Å². The van der Waals surface area contributed by atoms with Gasteiger partial charge in [-0.25, -0.2) is 0 Å². The van der Waals surface area contributed by atoms with E-state index in [2.05, 4.69) is 30.3 Å². The van der Waals surface area contributed by atoms with Crippen molar-refractivity contribution in [2.24, 2.45) is 0 Å². The van der Waals surface area contributed by atoms with E-state index in [0.29, 0.717) is 12.2 Å². The summed E-state index contributed by atoms with van der Waals surface area (Å²) < 4.78 is 6.09. The van der Waals surface area contributed by atoms with Gasteiger partial charge < -0.3 is 4.74 Å². The predicted molar refractivity (Wildman–Crippen MR) is 78.1 cm³/mol. The highest BCUT2D eigenvalue weighted by Gasteiger charge is 2.20. The molecule has 0 aromatic heterocycles. The van der Waals surface area contributed by atoms with E-state index in [1.165, 1.54) is 17.5 Å². The molecule has 2 aromatic carbocycles. The van der Waals surface area contributed by atoms with Gasteiger partial charge in [-0.05, 0) is 42.0 Å². The fraction of sp³-hybridized carbons (Fsp3) is 0.278. The van der Waals surface area contributed by atoms with Crippen LogP contribution in [0.5, 0.6) is 0 Å². The highest BCUT2D eigenvalue weighted by atomic mass is 16.5. The summed E-state index contributed by atoms with van der Waals surface area (Å²) in [5.74, 6) is 0. The molecule has 0 spiro atoms. The second-order valence-electron chi connectivity index (χ2n) is 5.16. The molecule has 0 aliphatic heterocycles. The molecule has 2 nitrogen and oxygen atoms in total. The molecule has 0 bridgehead atoms. The smallest absolute Gasteiger partial charge is 0.0995 e. The summed E-state index contributed by atoms with van der Waals surface area (Å²) in [5.41, 5.74) is 4.39. The van der Waals surface area contributed by atoms with Gasteiger partial charge >= 0.3 is 0 Å². The molecule has 1 unspecified atom stereocenters. The summed E-state index contributed by atoms with van der Waals surface area (Å²) in [6.07, 6.45) is 3.53. The van der Waals surface area contributed by atoms with Gasteiger partial charge in [-0.3, -0.25) is 0 Å². The molecular formula is C18H17NO. The molecule has 0 heterocycles. The zero-order valence-electron chi connectivity index (χ0n) is 11.4. The first-order chi connectivity index (χ1) is 9.88. The molecule has 1 aliphatic rings. The summed E-state index contributed by atoms with van der Waals surface area (Å²) >= 11 is 0. The summed E-state index contributed by atoms with van der Waals surface area (Å²) in [7, 11) is 0. The molecule has 0 N–H and O–H groups in total. The topological polar surface area (TPSA) is 33.0 Å². The van der Waals surface area contributed by atoms with E-state index < -0.39 is 0 Å². The average Bonchev–Trinajstić information content (AvgIpc) is 2.53. The van der Waals surface area contributed by atoms with E-state index in [1.54, 1.807) is 0 Å². The van der Waals surface area contributed by atoms with Crippen molar-refractivity contribution in [2.75, 3.05) is 0 Å². The lowest BCUT2D eigenvalue weighted by molar-refractivity contribution is 0.0282. The maximum atomic E-state index is 9.11. The van der Waals surface area contributed by atoms with Crippen LogP contribution in [0.1, 0.15) is 41.2 Å². The minimum Gasteiger partial charge on any atom is -0.369 e. The van der Waals surface area contributed by atoms with Crippen LogP contribution in [-0.2, 0) is 17.8 Å². The fourth-order valence-electron chi connectivity index (χ4n) is 2.83. The van der Waals surface area contributed by atoms with Crippen molar-refractivity contribution in [1.82, 2.24) is 0 Å². The first kappa shape index (κ1) is 12.9. The lowest BCUT2D eigenvalue weighted by atomic mass is 9.89. The Bertz CT molecular complexity index is 642. The quantitative estimate of drug-likeness (QED) is 0.833. The number of hydrogen-bond donors (Lipinski definition) is 0. The molecule has 0 radical (unpaired) electrons. The lowest BCUT2D eigenvalue weighted by Gasteiger charge is -2.25. The van der Waals surface area contributed by atoms with Crippen LogP contribution in [-0.4, -0.2) is 0 Å². The minimum absolute atomic E-state index is 0.159. The molecule has 100 valence electrons. The maximum Gasteiger partial charge on any atom is 0.0995 e. The van der Waals surface area contributed by atoms with Gasteiger partial charge in [0.05, 0.1) is 24.3 Å². The number of nitrogens with zero attached hydrogens (tertiary/aromatic N) is 1. The zero-order valence-corrected chi connectivity index (χ0v) is 11.4. The van der Waals surface area contributed by atoms with Gasteiger partial charge in [0.25, 0.3) is 0 Å². The van der Waals surface area contributed by atoms with E-state index in [1.807, 2.05) is 24.3 Å². The number of benzene rings is 2. The van der Waals surface area contributed by atoms with Gasteiger partial charge in [0, 0.05) is 0 Å². The molecule has 1 aliphatic carbocycles. The van der Waals surface area contributed by atoms with Gasteiger partial charge in [0.1, 0.15) is 0 Å². The summed E-state index contributed by atoms with van der Waals surface area (Å²) in [6.45, 7) is 0.503. The van der Waals surface area contributed by atoms with E-state index >= 15 is 0 Å². The summed E-state index contributed by atoms with van der Waals surface area (Å²) in [4.78, 5) is 0. The van der Waals surface area contributed by atoms with Crippen LogP contribution in [0.2, 0.25) is 0 Å². The Morgan fingerprint density at radius 1 is 1.10 bits per heavy atom. The van der Waals surface area contributed by atoms with E-state index in [4.69, 9.17) is 10.00 Å². The van der Waals surface area contributed by atoms with Crippen LogP contribution in [0.25, 0.3) is 0 Å². The maximum absolute atomic E-state index is 9.11. The van der Waals surface area contributed by atoms with Crippen LogP contribution in [0, 0.1) is 11.3 Å². The Hall–Kier alpha value is -2.11. The third kappa shape index (κ3) is 2.59. The first-order valence-electron chi connectivity index (χ1n) is 7.06. The number of nitriles is 1. The van der Waals surface area contributed by atoms with E-state index in [0.717, 1.165) is 18.4 Å². The molecule has 0 saturated heterocycles. The number of aryl methyl sites for hydroxylation is 1. The van der Waals surface area contributed by atoms with Crippen molar-refractivity contribution >= 4 is 0 Å². The van der Waals surface area contributed by atoms with Crippen molar-refractivity contribution in [1.29, 1.82) is 5.26 Å². The van der Waals surface area contributed by atoms with Gasteiger partial charge in [-0.2, -0.15) is 5.26 Å². The van der Waals surface area contributed by atoms with E-state index in [9.17, 15) is 0 Å². The molecule has 1 atom stereocenters.